The fourth-order valence-electron chi connectivity index (χ4n) is 1.45. The van der Waals surface area contributed by atoms with Gasteiger partial charge in [0.1, 0.15) is 0 Å². The average Bonchev–Trinajstić information content (AvgIpc) is 2.82. The topological polar surface area (TPSA) is 57.8 Å². The number of hydrogen-bond donors (Lipinski definition) is 2. The van der Waals surface area contributed by atoms with Crippen molar-refractivity contribution in [3.8, 4) is 0 Å². The Bertz CT molecular complexity index is 596. The number of hydrogen-bond acceptors (Lipinski definition) is 2. The normalized spacial score (nSPS) is 12.1. The number of aromatic nitrogens is 2. The van der Waals surface area contributed by atoms with Crippen LogP contribution in [0.25, 0.3) is 11.0 Å². The number of carbonyl (C=O) groups excluding carboxylic acids is 1. The molecule has 1 aromatic carbocycles. The van der Waals surface area contributed by atoms with Gasteiger partial charge in [-0.1, -0.05) is 0 Å². The van der Waals surface area contributed by atoms with Crippen molar-refractivity contribution in [1.82, 2.24) is 15.3 Å². The van der Waals surface area contributed by atoms with Crippen molar-refractivity contribution in [2.24, 2.45) is 0 Å². The van der Waals surface area contributed by atoms with Gasteiger partial charge in [0.25, 0.3) is 5.91 Å². The Morgan fingerprint density at radius 2 is 2.16 bits per heavy atom. The first kappa shape index (κ1) is 13.3. The van der Waals surface area contributed by atoms with Crippen molar-refractivity contribution < 1.29 is 22.4 Å². The van der Waals surface area contributed by atoms with Gasteiger partial charge in [0.2, 0.25) is 0 Å². The molecule has 0 atom stereocenters. The van der Waals surface area contributed by atoms with Crippen molar-refractivity contribution >= 4 is 16.9 Å². The molecule has 0 aliphatic carbocycles. The van der Waals surface area contributed by atoms with E-state index in [4.69, 9.17) is 0 Å². The van der Waals surface area contributed by atoms with Gasteiger partial charge in [-0.15, -0.1) is 0 Å². The number of H-pyrrole nitrogens is 1. The van der Waals surface area contributed by atoms with Crippen molar-refractivity contribution in [3.63, 3.8) is 0 Å². The molecule has 0 radical (unpaired) electrons. The molecule has 0 saturated carbocycles. The second kappa shape index (κ2) is 4.87. The quantitative estimate of drug-likeness (QED) is 0.840. The number of amides is 1. The molecule has 0 fully saturated rings. The lowest BCUT2D eigenvalue weighted by molar-refractivity contribution is -0.123. The predicted molar refractivity (Wildman–Crippen MR) is 59.4 cm³/mol. The lowest BCUT2D eigenvalue weighted by Gasteiger charge is -2.15. The fourth-order valence-corrected chi connectivity index (χ4v) is 1.45. The van der Waals surface area contributed by atoms with E-state index in [-0.39, 0.29) is 5.56 Å². The summed E-state index contributed by atoms with van der Waals surface area (Å²) in [6.07, 6.45) is -2.40. The Hall–Kier alpha value is -2.12. The van der Waals surface area contributed by atoms with Crippen LogP contribution >= 0.6 is 0 Å². The third kappa shape index (κ3) is 2.83. The van der Waals surface area contributed by atoms with Gasteiger partial charge in [0, 0.05) is 5.56 Å². The Balaban J connectivity index is 2.07. The molecule has 8 heteroatoms. The molecule has 0 saturated heterocycles. The maximum atomic E-state index is 12.6. The summed E-state index contributed by atoms with van der Waals surface area (Å²) < 4.78 is 49.1. The average molecular weight is 275 g/mol. The zero-order valence-corrected chi connectivity index (χ0v) is 9.46. The van der Waals surface area contributed by atoms with Crippen LogP contribution in [0.2, 0.25) is 0 Å². The van der Waals surface area contributed by atoms with Gasteiger partial charge in [-0.25, -0.2) is 13.8 Å². The summed E-state index contributed by atoms with van der Waals surface area (Å²) in [5.74, 6) is -5.09. The summed E-state index contributed by atoms with van der Waals surface area (Å²) in [6, 6.07) is 4.29. The first-order chi connectivity index (χ1) is 8.90. The number of nitrogens with zero attached hydrogens (tertiary/aromatic N) is 1. The molecule has 1 amide bonds. The van der Waals surface area contributed by atoms with Crippen LogP contribution in [-0.4, -0.2) is 34.8 Å². The zero-order valence-electron chi connectivity index (χ0n) is 9.46. The first-order valence-corrected chi connectivity index (χ1v) is 5.27. The van der Waals surface area contributed by atoms with E-state index in [1.54, 1.807) is 5.32 Å². The SMILES string of the molecule is O=C(NCC(F)(F)C(F)F)c1ccc2nc[nH]c2c1. The second-order valence-corrected chi connectivity index (χ2v) is 3.88. The lowest BCUT2D eigenvalue weighted by Crippen LogP contribution is -2.41. The highest BCUT2D eigenvalue weighted by Gasteiger charge is 2.40. The minimum atomic E-state index is -4.24. The van der Waals surface area contributed by atoms with Crippen molar-refractivity contribution in [2.45, 2.75) is 12.3 Å². The van der Waals surface area contributed by atoms with Crippen molar-refractivity contribution in [2.75, 3.05) is 6.54 Å². The molecule has 0 aliphatic heterocycles. The van der Waals surface area contributed by atoms with Gasteiger partial charge in [-0.05, 0) is 18.2 Å². The van der Waals surface area contributed by atoms with Gasteiger partial charge < -0.3 is 10.3 Å². The number of alkyl halides is 4. The Morgan fingerprint density at radius 1 is 1.42 bits per heavy atom. The minimum Gasteiger partial charge on any atom is -0.346 e. The number of fused-ring (bicyclic) bond motifs is 1. The molecular weight excluding hydrogens is 266 g/mol. The van der Waals surface area contributed by atoms with Crippen molar-refractivity contribution in [3.05, 3.63) is 30.1 Å². The summed E-state index contributed by atoms with van der Waals surface area (Å²) in [5.41, 5.74) is 1.24. The Morgan fingerprint density at radius 3 is 2.84 bits per heavy atom. The maximum absolute atomic E-state index is 12.6. The van der Waals surface area contributed by atoms with Crippen LogP contribution in [-0.2, 0) is 0 Å². The van der Waals surface area contributed by atoms with Crippen LogP contribution in [0.1, 0.15) is 10.4 Å². The smallest absolute Gasteiger partial charge is 0.324 e. The summed E-state index contributed by atoms with van der Waals surface area (Å²) in [7, 11) is 0. The van der Waals surface area contributed by atoms with E-state index < -0.39 is 24.8 Å². The van der Waals surface area contributed by atoms with Crippen LogP contribution in [0.15, 0.2) is 24.5 Å². The van der Waals surface area contributed by atoms with E-state index in [2.05, 4.69) is 9.97 Å². The summed E-state index contributed by atoms with van der Waals surface area (Å²) in [6.45, 7) is -1.41. The maximum Gasteiger partial charge on any atom is 0.324 e. The van der Waals surface area contributed by atoms with E-state index in [1.807, 2.05) is 0 Å². The van der Waals surface area contributed by atoms with Gasteiger partial charge >= 0.3 is 12.3 Å². The van der Waals surface area contributed by atoms with Gasteiger partial charge in [0.05, 0.1) is 23.9 Å². The third-order valence-corrected chi connectivity index (χ3v) is 2.49. The summed E-state index contributed by atoms with van der Waals surface area (Å²) in [4.78, 5) is 18.2. The second-order valence-electron chi connectivity index (χ2n) is 3.88. The molecule has 2 N–H and O–H groups in total. The molecule has 1 heterocycles. The molecule has 1 aromatic heterocycles. The molecule has 19 heavy (non-hydrogen) atoms. The number of halogens is 4. The third-order valence-electron chi connectivity index (χ3n) is 2.49. The van der Waals surface area contributed by atoms with E-state index in [1.165, 1.54) is 24.5 Å². The molecular formula is C11H9F4N3O. The van der Waals surface area contributed by atoms with Crippen LogP contribution in [0.4, 0.5) is 17.6 Å². The standard InChI is InChI=1S/C11H9F4N3O/c12-10(13)11(14,15)4-16-9(19)6-1-2-7-8(3-6)18-5-17-7/h1-3,5,10H,4H2,(H,16,19)(H,17,18). The molecule has 2 aromatic rings. The zero-order chi connectivity index (χ0) is 14.0. The highest BCUT2D eigenvalue weighted by atomic mass is 19.3. The van der Waals surface area contributed by atoms with E-state index >= 15 is 0 Å². The molecule has 4 nitrogen and oxygen atoms in total. The van der Waals surface area contributed by atoms with Crippen LogP contribution in [0, 0.1) is 0 Å². The minimum absolute atomic E-state index is 0.0850. The van der Waals surface area contributed by atoms with Gasteiger partial charge in [-0.2, -0.15) is 8.78 Å². The van der Waals surface area contributed by atoms with Crippen LogP contribution in [0.5, 0.6) is 0 Å². The lowest BCUT2D eigenvalue weighted by atomic mass is 10.2. The molecule has 0 bridgehead atoms. The number of imidazole rings is 1. The number of carbonyl (C=O) groups is 1. The van der Waals surface area contributed by atoms with E-state index in [9.17, 15) is 22.4 Å². The van der Waals surface area contributed by atoms with Gasteiger partial charge in [-0.3, -0.25) is 4.79 Å². The molecule has 102 valence electrons. The number of benzene rings is 1. The fraction of sp³-hybridized carbons (Fsp3) is 0.273. The molecule has 2 rings (SSSR count). The van der Waals surface area contributed by atoms with Gasteiger partial charge in [0.15, 0.2) is 0 Å². The number of aromatic amines is 1. The summed E-state index contributed by atoms with van der Waals surface area (Å²) in [5, 5.41) is 1.77. The largest absolute Gasteiger partial charge is 0.346 e. The highest BCUT2D eigenvalue weighted by molar-refractivity contribution is 5.97. The number of nitrogens with one attached hydrogen (secondary N) is 2. The molecule has 0 spiro atoms. The van der Waals surface area contributed by atoms with Crippen LogP contribution < -0.4 is 5.32 Å². The summed E-state index contributed by atoms with van der Waals surface area (Å²) >= 11 is 0. The molecule has 0 aliphatic rings. The molecule has 0 unspecified atom stereocenters. The van der Waals surface area contributed by atoms with Crippen LogP contribution in [0.3, 0.4) is 0 Å². The van der Waals surface area contributed by atoms with Crippen molar-refractivity contribution in [1.29, 1.82) is 0 Å². The highest BCUT2D eigenvalue weighted by Crippen LogP contribution is 2.21. The van der Waals surface area contributed by atoms with E-state index in [0.717, 1.165) is 0 Å². The first-order valence-electron chi connectivity index (χ1n) is 5.27. The predicted octanol–water partition coefficient (Wildman–Crippen LogP) is 2.19. The monoisotopic (exact) mass is 275 g/mol. The number of rotatable bonds is 4. The van der Waals surface area contributed by atoms with E-state index in [0.29, 0.717) is 11.0 Å². The Kier molecular flexibility index (Phi) is 3.41. The Labute approximate surface area is 104 Å².